The standard InChI is InChI=1S/C28H23ClFN3O3S2/c1-15-12-14-38-26(15)23-22(25(34)20-3-2-13-37-20)21(16-4-6-17(29)7-5-16)24(27(31)35)33(23)28(36)32-19-10-8-18(30)9-11-19/h2-14,21-24H,1H3,(H2,31,35)(H,32,36). The predicted molar refractivity (Wildman–Crippen MR) is 148 cm³/mol. The number of amides is 3. The van der Waals surface area contributed by atoms with Gasteiger partial charge < -0.3 is 16.0 Å². The van der Waals surface area contributed by atoms with E-state index in [2.05, 4.69) is 5.32 Å². The summed E-state index contributed by atoms with van der Waals surface area (Å²) in [6.45, 7) is 1.91. The summed E-state index contributed by atoms with van der Waals surface area (Å²) in [5.74, 6) is -2.90. The fraction of sp³-hybridized carbons (Fsp3) is 0.179. The molecule has 3 amide bonds. The van der Waals surface area contributed by atoms with Gasteiger partial charge >= 0.3 is 6.03 Å². The number of benzene rings is 2. The molecule has 6 nitrogen and oxygen atoms in total. The zero-order valence-corrected chi connectivity index (χ0v) is 22.5. The largest absolute Gasteiger partial charge is 0.368 e. The number of nitrogens with two attached hydrogens (primary N) is 1. The number of urea groups is 1. The Hall–Kier alpha value is -3.53. The minimum Gasteiger partial charge on any atom is -0.368 e. The molecule has 3 heterocycles. The van der Waals surface area contributed by atoms with Crippen LogP contribution in [0.4, 0.5) is 14.9 Å². The molecule has 0 spiro atoms. The van der Waals surface area contributed by atoms with E-state index in [-0.39, 0.29) is 5.78 Å². The molecule has 10 heteroatoms. The predicted octanol–water partition coefficient (Wildman–Crippen LogP) is 6.64. The van der Waals surface area contributed by atoms with Gasteiger partial charge in [-0.2, -0.15) is 0 Å². The number of halogens is 2. The van der Waals surface area contributed by atoms with Crippen molar-refractivity contribution in [2.45, 2.75) is 24.9 Å². The SMILES string of the molecule is Cc1ccsc1C1C(C(=O)c2cccs2)C(c2ccc(Cl)cc2)C(C(N)=O)N1C(=O)Nc1ccc(F)cc1. The van der Waals surface area contributed by atoms with Crippen LogP contribution in [0.2, 0.25) is 5.02 Å². The molecule has 0 bridgehead atoms. The molecule has 0 radical (unpaired) electrons. The topological polar surface area (TPSA) is 92.5 Å². The highest BCUT2D eigenvalue weighted by molar-refractivity contribution is 7.12. The summed E-state index contributed by atoms with van der Waals surface area (Å²) in [5, 5.41) is 6.98. The maximum atomic E-state index is 14.1. The first kappa shape index (κ1) is 26.1. The first-order valence-corrected chi connectivity index (χ1v) is 13.9. The Morgan fingerprint density at radius 3 is 2.26 bits per heavy atom. The van der Waals surface area contributed by atoms with E-state index in [0.29, 0.717) is 21.2 Å². The van der Waals surface area contributed by atoms with Crippen molar-refractivity contribution in [2.24, 2.45) is 11.7 Å². The molecule has 1 aliphatic rings. The Morgan fingerprint density at radius 1 is 0.974 bits per heavy atom. The van der Waals surface area contributed by atoms with E-state index < -0.39 is 41.7 Å². The van der Waals surface area contributed by atoms with Gasteiger partial charge in [-0.15, -0.1) is 22.7 Å². The van der Waals surface area contributed by atoms with Gasteiger partial charge in [-0.25, -0.2) is 9.18 Å². The number of primary amides is 1. The summed E-state index contributed by atoms with van der Waals surface area (Å²) in [7, 11) is 0. The molecular formula is C28H23ClFN3O3S2. The number of likely N-dealkylation sites (tertiary alicyclic amines) is 1. The van der Waals surface area contributed by atoms with Crippen molar-refractivity contribution in [3.05, 3.63) is 109 Å². The van der Waals surface area contributed by atoms with Crippen molar-refractivity contribution in [3.63, 3.8) is 0 Å². The van der Waals surface area contributed by atoms with Crippen LogP contribution in [0.5, 0.6) is 0 Å². The van der Waals surface area contributed by atoms with Crippen molar-refractivity contribution in [2.75, 3.05) is 5.32 Å². The second kappa shape index (κ2) is 10.7. The van der Waals surface area contributed by atoms with Crippen molar-refractivity contribution in [1.29, 1.82) is 0 Å². The van der Waals surface area contributed by atoms with Crippen molar-refractivity contribution in [1.82, 2.24) is 4.90 Å². The molecule has 1 fully saturated rings. The van der Waals surface area contributed by atoms with Gasteiger partial charge in [0.2, 0.25) is 5.91 Å². The number of carbonyl (C=O) groups is 3. The van der Waals surface area contributed by atoms with Crippen molar-refractivity contribution < 1.29 is 18.8 Å². The van der Waals surface area contributed by atoms with E-state index in [1.54, 1.807) is 36.4 Å². The van der Waals surface area contributed by atoms with Gasteiger partial charge in [0.05, 0.1) is 16.8 Å². The van der Waals surface area contributed by atoms with Gasteiger partial charge in [-0.1, -0.05) is 29.8 Å². The van der Waals surface area contributed by atoms with E-state index in [4.69, 9.17) is 17.3 Å². The number of aryl methyl sites for hydroxylation is 1. The summed E-state index contributed by atoms with van der Waals surface area (Å²) < 4.78 is 13.5. The Kier molecular flexibility index (Phi) is 7.34. The van der Waals surface area contributed by atoms with E-state index in [9.17, 15) is 18.8 Å². The van der Waals surface area contributed by atoms with Crippen LogP contribution in [0.1, 0.15) is 37.6 Å². The molecule has 194 valence electrons. The van der Waals surface area contributed by atoms with Crippen LogP contribution in [0.15, 0.2) is 77.5 Å². The van der Waals surface area contributed by atoms with Gasteiger partial charge in [0, 0.05) is 21.5 Å². The molecule has 1 saturated heterocycles. The van der Waals surface area contributed by atoms with Crippen LogP contribution < -0.4 is 11.1 Å². The summed E-state index contributed by atoms with van der Waals surface area (Å²) >= 11 is 8.87. The second-order valence-electron chi connectivity index (χ2n) is 9.05. The molecule has 5 rings (SSSR count). The number of hydrogen-bond donors (Lipinski definition) is 2. The third-order valence-electron chi connectivity index (χ3n) is 6.78. The normalized spacial score (nSPS) is 20.9. The van der Waals surface area contributed by atoms with Crippen LogP contribution in [0, 0.1) is 18.7 Å². The first-order chi connectivity index (χ1) is 18.3. The molecule has 4 unspecified atom stereocenters. The Bertz CT molecular complexity index is 1470. The number of rotatable bonds is 6. The summed E-state index contributed by atoms with van der Waals surface area (Å²) in [6, 6.07) is 15.1. The first-order valence-electron chi connectivity index (χ1n) is 11.8. The number of hydrogen-bond acceptors (Lipinski definition) is 5. The number of nitrogens with zero attached hydrogens (tertiary/aromatic N) is 1. The number of thiophene rings is 2. The monoisotopic (exact) mass is 567 g/mol. The molecule has 2 aromatic heterocycles. The smallest absolute Gasteiger partial charge is 0.323 e. The summed E-state index contributed by atoms with van der Waals surface area (Å²) in [6.07, 6.45) is 0. The van der Waals surface area contributed by atoms with Gasteiger partial charge in [0.15, 0.2) is 5.78 Å². The molecule has 1 aliphatic heterocycles. The number of anilines is 1. The zero-order chi connectivity index (χ0) is 27.0. The zero-order valence-electron chi connectivity index (χ0n) is 20.1. The molecule has 38 heavy (non-hydrogen) atoms. The average molecular weight is 568 g/mol. The molecule has 0 aliphatic carbocycles. The minimum absolute atomic E-state index is 0.180. The molecule has 0 saturated carbocycles. The minimum atomic E-state index is -1.14. The quantitative estimate of drug-likeness (QED) is 0.256. The van der Waals surface area contributed by atoms with Gasteiger partial charge in [0.25, 0.3) is 0 Å². The molecule has 3 N–H and O–H groups in total. The highest BCUT2D eigenvalue weighted by Crippen LogP contribution is 2.53. The average Bonchev–Trinajstić information content (AvgIpc) is 3.64. The number of Topliss-reactive ketones (excluding diaryl/α,β-unsaturated/α-hetero) is 1. The second-order valence-corrected chi connectivity index (χ2v) is 11.4. The fourth-order valence-electron chi connectivity index (χ4n) is 5.14. The van der Waals surface area contributed by atoms with Crippen molar-refractivity contribution >= 4 is 57.7 Å². The fourth-order valence-corrected chi connectivity index (χ4v) is 7.05. The highest BCUT2D eigenvalue weighted by Gasteiger charge is 2.57. The maximum Gasteiger partial charge on any atom is 0.323 e. The lowest BCUT2D eigenvalue weighted by molar-refractivity contribution is -0.122. The Morgan fingerprint density at radius 2 is 1.68 bits per heavy atom. The highest BCUT2D eigenvalue weighted by atomic mass is 35.5. The van der Waals surface area contributed by atoms with Gasteiger partial charge in [-0.3, -0.25) is 9.59 Å². The molecule has 4 atom stereocenters. The van der Waals surface area contributed by atoms with E-state index in [0.717, 1.165) is 10.4 Å². The molecule has 2 aromatic carbocycles. The molecule has 4 aromatic rings. The van der Waals surface area contributed by atoms with Gasteiger partial charge in [-0.05, 0) is 77.3 Å². The number of nitrogens with one attached hydrogen (secondary N) is 1. The third-order valence-corrected chi connectivity index (χ3v) is 9.01. The van der Waals surface area contributed by atoms with Crippen LogP contribution in [0.3, 0.4) is 0 Å². The van der Waals surface area contributed by atoms with Crippen LogP contribution >= 0.6 is 34.3 Å². The molecular weight excluding hydrogens is 545 g/mol. The third kappa shape index (κ3) is 4.84. The Balaban J connectivity index is 1.70. The van der Waals surface area contributed by atoms with Crippen LogP contribution in [-0.2, 0) is 4.79 Å². The summed E-state index contributed by atoms with van der Waals surface area (Å²) in [4.78, 5) is 43.9. The van der Waals surface area contributed by atoms with Crippen molar-refractivity contribution in [3.8, 4) is 0 Å². The van der Waals surface area contributed by atoms with E-state index >= 15 is 0 Å². The number of carbonyl (C=O) groups excluding carboxylic acids is 3. The lowest BCUT2D eigenvalue weighted by Crippen LogP contribution is -2.48. The van der Waals surface area contributed by atoms with Crippen LogP contribution in [0.25, 0.3) is 0 Å². The number of ketones is 1. The summed E-state index contributed by atoms with van der Waals surface area (Å²) in [5.41, 5.74) is 7.90. The van der Waals surface area contributed by atoms with E-state index in [1.807, 2.05) is 23.8 Å². The van der Waals surface area contributed by atoms with E-state index in [1.165, 1.54) is 51.8 Å². The van der Waals surface area contributed by atoms with Gasteiger partial charge in [0.1, 0.15) is 11.9 Å². The Labute approximate surface area is 231 Å². The lowest BCUT2D eigenvalue weighted by atomic mass is 9.78. The van der Waals surface area contributed by atoms with Crippen LogP contribution in [-0.4, -0.2) is 28.7 Å². The maximum absolute atomic E-state index is 14.1. The lowest BCUT2D eigenvalue weighted by Gasteiger charge is -2.30.